The van der Waals surface area contributed by atoms with E-state index in [1.807, 2.05) is 36.4 Å². The van der Waals surface area contributed by atoms with Crippen molar-refractivity contribution in [3.05, 3.63) is 65.2 Å². The standard InChI is InChI=1S/C16H15ClN2O2S/c17-12-6-4-5-11(9-12)14(10-15(20)21)19-16(22)18-13-7-2-1-3-8-13/h1-9,14H,10H2,(H,20,21)(H2,18,19,22)/t14-/m0/s1. The highest BCUT2D eigenvalue weighted by Crippen LogP contribution is 2.21. The van der Waals surface area contributed by atoms with Gasteiger partial charge >= 0.3 is 5.97 Å². The van der Waals surface area contributed by atoms with E-state index in [0.717, 1.165) is 11.3 Å². The molecule has 0 aliphatic carbocycles. The molecule has 0 amide bonds. The minimum Gasteiger partial charge on any atom is -0.481 e. The number of hydrogen-bond acceptors (Lipinski definition) is 2. The predicted molar refractivity (Wildman–Crippen MR) is 92.2 cm³/mol. The third-order valence-corrected chi connectivity index (χ3v) is 3.42. The van der Waals surface area contributed by atoms with Crippen molar-refractivity contribution in [1.29, 1.82) is 0 Å². The number of carbonyl (C=O) groups is 1. The molecule has 0 heterocycles. The third kappa shape index (κ3) is 5.02. The minimum absolute atomic E-state index is 0.100. The van der Waals surface area contributed by atoms with E-state index >= 15 is 0 Å². The highest BCUT2D eigenvalue weighted by atomic mass is 35.5. The molecule has 0 saturated heterocycles. The number of rotatable bonds is 5. The first kappa shape index (κ1) is 16.3. The van der Waals surface area contributed by atoms with Crippen molar-refractivity contribution in [3.8, 4) is 0 Å². The molecule has 6 heteroatoms. The zero-order chi connectivity index (χ0) is 15.9. The number of carboxylic acids is 1. The molecule has 0 fully saturated rings. The van der Waals surface area contributed by atoms with Crippen LogP contribution in [0, 0.1) is 0 Å². The van der Waals surface area contributed by atoms with Crippen LogP contribution in [0.1, 0.15) is 18.0 Å². The molecule has 4 nitrogen and oxygen atoms in total. The van der Waals surface area contributed by atoms with Crippen LogP contribution in [0.2, 0.25) is 5.02 Å². The lowest BCUT2D eigenvalue weighted by atomic mass is 10.0. The summed E-state index contributed by atoms with van der Waals surface area (Å²) in [5.41, 5.74) is 1.60. The number of nitrogens with one attached hydrogen (secondary N) is 2. The quantitative estimate of drug-likeness (QED) is 0.725. The van der Waals surface area contributed by atoms with Gasteiger partial charge in [0.05, 0.1) is 12.5 Å². The zero-order valence-corrected chi connectivity index (χ0v) is 13.2. The van der Waals surface area contributed by atoms with Crippen molar-refractivity contribution in [3.63, 3.8) is 0 Å². The second-order valence-electron chi connectivity index (χ2n) is 4.67. The van der Waals surface area contributed by atoms with Crippen LogP contribution in [-0.4, -0.2) is 16.2 Å². The van der Waals surface area contributed by atoms with Gasteiger partial charge in [-0.1, -0.05) is 41.9 Å². The van der Waals surface area contributed by atoms with Gasteiger partial charge in [0.25, 0.3) is 0 Å². The number of thiocarbonyl (C=S) groups is 1. The summed E-state index contributed by atoms with van der Waals surface area (Å²) in [7, 11) is 0. The maximum atomic E-state index is 11.1. The van der Waals surface area contributed by atoms with E-state index < -0.39 is 12.0 Å². The number of para-hydroxylation sites is 1. The Kier molecular flexibility index (Phi) is 5.75. The first-order valence-corrected chi connectivity index (χ1v) is 7.43. The summed E-state index contributed by atoms with van der Waals surface area (Å²) >= 11 is 11.2. The van der Waals surface area contributed by atoms with Crippen LogP contribution in [0.15, 0.2) is 54.6 Å². The summed E-state index contributed by atoms with van der Waals surface area (Å²) < 4.78 is 0. The molecule has 2 aromatic carbocycles. The monoisotopic (exact) mass is 334 g/mol. The number of anilines is 1. The van der Waals surface area contributed by atoms with Gasteiger partial charge in [0, 0.05) is 10.7 Å². The molecule has 1 atom stereocenters. The van der Waals surface area contributed by atoms with Gasteiger partial charge in [0.2, 0.25) is 0 Å². The van der Waals surface area contributed by atoms with Gasteiger partial charge in [0.1, 0.15) is 0 Å². The fourth-order valence-corrected chi connectivity index (χ4v) is 2.46. The number of benzene rings is 2. The Morgan fingerprint density at radius 3 is 2.55 bits per heavy atom. The molecule has 2 rings (SSSR count). The van der Waals surface area contributed by atoms with Crippen molar-refractivity contribution < 1.29 is 9.90 Å². The fraction of sp³-hybridized carbons (Fsp3) is 0.125. The van der Waals surface area contributed by atoms with Crippen molar-refractivity contribution in [2.24, 2.45) is 0 Å². The van der Waals surface area contributed by atoms with Crippen LogP contribution >= 0.6 is 23.8 Å². The van der Waals surface area contributed by atoms with Crippen LogP contribution in [0.3, 0.4) is 0 Å². The molecule has 2 aromatic rings. The smallest absolute Gasteiger partial charge is 0.305 e. The maximum Gasteiger partial charge on any atom is 0.305 e. The summed E-state index contributed by atoms with van der Waals surface area (Å²) in [6.07, 6.45) is -0.100. The van der Waals surface area contributed by atoms with Crippen molar-refractivity contribution >= 4 is 40.6 Å². The Hall–Kier alpha value is -2.11. The topological polar surface area (TPSA) is 61.4 Å². The Bertz CT molecular complexity index is 664. The van der Waals surface area contributed by atoms with E-state index in [4.69, 9.17) is 28.9 Å². The van der Waals surface area contributed by atoms with E-state index in [-0.39, 0.29) is 6.42 Å². The van der Waals surface area contributed by atoms with Crippen molar-refractivity contribution in [1.82, 2.24) is 5.32 Å². The van der Waals surface area contributed by atoms with Crippen LogP contribution in [0.5, 0.6) is 0 Å². The van der Waals surface area contributed by atoms with Gasteiger partial charge in [0.15, 0.2) is 5.11 Å². The average Bonchev–Trinajstić information content (AvgIpc) is 2.47. The molecular formula is C16H15ClN2O2S. The molecule has 22 heavy (non-hydrogen) atoms. The molecule has 0 saturated carbocycles. The number of hydrogen-bond donors (Lipinski definition) is 3. The summed E-state index contributed by atoms with van der Waals surface area (Å²) in [6.45, 7) is 0. The number of carboxylic acid groups (broad SMARTS) is 1. The van der Waals surface area contributed by atoms with Crippen LogP contribution in [-0.2, 0) is 4.79 Å². The SMILES string of the molecule is O=C(O)C[C@H](NC(=S)Nc1ccccc1)c1cccc(Cl)c1. The van der Waals surface area contributed by atoms with E-state index in [9.17, 15) is 4.79 Å². The van der Waals surface area contributed by atoms with Gasteiger partial charge < -0.3 is 15.7 Å². The molecule has 0 radical (unpaired) electrons. The van der Waals surface area contributed by atoms with E-state index in [1.165, 1.54) is 0 Å². The Labute approximate surface area is 139 Å². The number of aliphatic carboxylic acids is 1. The zero-order valence-electron chi connectivity index (χ0n) is 11.6. The van der Waals surface area contributed by atoms with Gasteiger partial charge in [-0.2, -0.15) is 0 Å². The lowest BCUT2D eigenvalue weighted by Crippen LogP contribution is -2.33. The lowest BCUT2D eigenvalue weighted by molar-refractivity contribution is -0.137. The molecule has 3 N–H and O–H groups in total. The number of halogens is 1. The van der Waals surface area contributed by atoms with Gasteiger partial charge in [-0.3, -0.25) is 4.79 Å². The first-order valence-electron chi connectivity index (χ1n) is 6.64. The summed E-state index contributed by atoms with van der Waals surface area (Å²) in [5.74, 6) is -0.917. The third-order valence-electron chi connectivity index (χ3n) is 2.97. The molecule has 0 aliphatic heterocycles. The molecule has 0 spiro atoms. The van der Waals surface area contributed by atoms with Gasteiger partial charge in [-0.25, -0.2) is 0 Å². The molecule has 114 valence electrons. The predicted octanol–water partition coefficient (Wildman–Crippen LogP) is 3.84. The molecule has 0 aromatic heterocycles. The largest absolute Gasteiger partial charge is 0.481 e. The van der Waals surface area contributed by atoms with Crippen molar-refractivity contribution in [2.75, 3.05) is 5.32 Å². The second-order valence-corrected chi connectivity index (χ2v) is 5.51. The maximum absolute atomic E-state index is 11.1. The average molecular weight is 335 g/mol. The Morgan fingerprint density at radius 1 is 1.18 bits per heavy atom. The van der Waals surface area contributed by atoms with E-state index in [2.05, 4.69) is 10.6 Å². The highest BCUT2D eigenvalue weighted by Gasteiger charge is 2.17. The Balaban J connectivity index is 2.09. The summed E-state index contributed by atoms with van der Waals surface area (Å²) in [6, 6.07) is 16.0. The minimum atomic E-state index is -0.917. The van der Waals surface area contributed by atoms with Crippen LogP contribution in [0.25, 0.3) is 0 Å². The fourth-order valence-electron chi connectivity index (χ4n) is 2.00. The van der Waals surface area contributed by atoms with Gasteiger partial charge in [-0.15, -0.1) is 0 Å². The highest BCUT2D eigenvalue weighted by molar-refractivity contribution is 7.80. The molecular weight excluding hydrogens is 320 g/mol. The van der Waals surface area contributed by atoms with Crippen molar-refractivity contribution in [2.45, 2.75) is 12.5 Å². The molecule has 0 aliphatic rings. The second kappa shape index (κ2) is 7.77. The Morgan fingerprint density at radius 2 is 1.91 bits per heavy atom. The normalized spacial score (nSPS) is 11.5. The lowest BCUT2D eigenvalue weighted by Gasteiger charge is -2.20. The van der Waals surface area contributed by atoms with Crippen LogP contribution in [0.4, 0.5) is 5.69 Å². The van der Waals surface area contributed by atoms with Crippen LogP contribution < -0.4 is 10.6 Å². The van der Waals surface area contributed by atoms with Gasteiger partial charge in [-0.05, 0) is 42.0 Å². The summed E-state index contributed by atoms with van der Waals surface area (Å²) in [5, 5.41) is 16.0. The molecule has 0 bridgehead atoms. The first-order chi connectivity index (χ1) is 10.5. The summed E-state index contributed by atoms with van der Waals surface area (Å²) in [4.78, 5) is 11.1. The molecule has 0 unspecified atom stereocenters. The van der Waals surface area contributed by atoms with E-state index in [0.29, 0.717) is 10.1 Å². The van der Waals surface area contributed by atoms with E-state index in [1.54, 1.807) is 18.2 Å².